The zero-order chi connectivity index (χ0) is 24.1. The van der Waals surface area contributed by atoms with E-state index in [1.54, 1.807) is 29.4 Å². The SMILES string of the molecule is CN1CCCN(C)C1=O.CN1CCCN(C)C1=O.CN1CCCN(C)C1=O.FC(F)F.[I-].[Zn+2]. The van der Waals surface area contributed by atoms with Crippen LogP contribution in [0.2, 0.25) is 0 Å². The van der Waals surface area contributed by atoms with Crippen molar-refractivity contribution in [2.75, 3.05) is 81.6 Å². The molecule has 3 fully saturated rings. The summed E-state index contributed by atoms with van der Waals surface area (Å²) in [5, 5.41) is 0. The number of carbonyl (C=O) groups is 3. The molecule has 190 valence electrons. The number of alkyl halides is 3. The first-order valence-electron chi connectivity index (χ1n) is 10.2. The summed E-state index contributed by atoms with van der Waals surface area (Å²) in [6.45, 7) is 1.77. The fourth-order valence-corrected chi connectivity index (χ4v) is 3.08. The minimum atomic E-state index is -3.67. The topological polar surface area (TPSA) is 70.7 Å². The molecule has 0 spiro atoms. The van der Waals surface area contributed by atoms with Crippen molar-refractivity contribution in [3.63, 3.8) is 0 Å². The molecule has 33 heavy (non-hydrogen) atoms. The van der Waals surface area contributed by atoms with E-state index in [-0.39, 0.29) is 61.5 Å². The van der Waals surface area contributed by atoms with Crippen LogP contribution in [0.25, 0.3) is 0 Å². The predicted molar refractivity (Wildman–Crippen MR) is 113 cm³/mol. The van der Waals surface area contributed by atoms with Crippen LogP contribution in [-0.4, -0.2) is 136 Å². The standard InChI is InChI=1S/3C6H12N2O.CHF3.HI.Zn/c3*1-7-4-3-5-8(2)6(7)9;2-1(3)4;;/h3*3-5H2,1-2H3;1H;1H;/q;;;;;+2/p-1. The molecule has 0 radical (unpaired) electrons. The van der Waals surface area contributed by atoms with Gasteiger partial charge >= 0.3 is 44.3 Å². The van der Waals surface area contributed by atoms with Gasteiger partial charge in [0.05, 0.1) is 0 Å². The Morgan fingerprint density at radius 2 is 0.636 bits per heavy atom. The number of amides is 6. The van der Waals surface area contributed by atoms with Crippen molar-refractivity contribution in [2.45, 2.75) is 25.9 Å². The molecule has 0 bridgehead atoms. The second-order valence-corrected chi connectivity index (χ2v) is 7.69. The quantitative estimate of drug-likeness (QED) is 0.259. The smallest absolute Gasteiger partial charge is 1.00 e. The number of nitrogens with zero attached hydrogens (tertiary/aromatic N) is 6. The molecule has 3 saturated heterocycles. The molecule has 0 unspecified atom stereocenters. The summed E-state index contributed by atoms with van der Waals surface area (Å²) in [5.74, 6) is 0. The third kappa shape index (κ3) is 15.5. The molecule has 0 aromatic carbocycles. The van der Waals surface area contributed by atoms with Gasteiger partial charge < -0.3 is 53.4 Å². The molecule has 0 atom stereocenters. The molecule has 6 amide bonds. The maximum atomic E-state index is 11.0. The van der Waals surface area contributed by atoms with Crippen LogP contribution in [-0.2, 0) is 19.5 Å². The largest absolute Gasteiger partial charge is 2.00 e. The Morgan fingerprint density at radius 3 is 0.727 bits per heavy atom. The van der Waals surface area contributed by atoms with E-state index in [2.05, 4.69) is 0 Å². The van der Waals surface area contributed by atoms with Gasteiger partial charge in [-0.3, -0.25) is 0 Å². The van der Waals surface area contributed by atoms with Crippen LogP contribution < -0.4 is 24.0 Å². The zero-order valence-corrected chi connectivity index (χ0v) is 25.7. The minimum Gasteiger partial charge on any atom is -1.00 e. The summed E-state index contributed by atoms with van der Waals surface area (Å²) in [4.78, 5) is 43.4. The normalized spacial score (nSPS) is 18.2. The van der Waals surface area contributed by atoms with Crippen LogP contribution in [0.4, 0.5) is 27.6 Å². The van der Waals surface area contributed by atoms with Gasteiger partial charge in [0.25, 0.3) is 0 Å². The summed E-state index contributed by atoms with van der Waals surface area (Å²) < 4.78 is 29.0. The number of halogens is 4. The van der Waals surface area contributed by atoms with Gasteiger partial charge in [0.2, 0.25) is 0 Å². The number of hydrogen-bond acceptors (Lipinski definition) is 3. The van der Waals surface area contributed by atoms with Crippen molar-refractivity contribution in [3.8, 4) is 0 Å². The van der Waals surface area contributed by atoms with Gasteiger partial charge in [-0.05, 0) is 19.3 Å². The first kappa shape index (κ1) is 36.5. The van der Waals surface area contributed by atoms with E-state index >= 15 is 0 Å². The molecule has 0 N–H and O–H groups in total. The van der Waals surface area contributed by atoms with E-state index in [4.69, 9.17) is 0 Å². The van der Waals surface area contributed by atoms with Crippen molar-refractivity contribution in [3.05, 3.63) is 0 Å². The van der Waals surface area contributed by atoms with E-state index in [0.717, 1.165) is 58.5 Å². The summed E-state index contributed by atoms with van der Waals surface area (Å²) in [6, 6.07) is 0.420. The van der Waals surface area contributed by atoms with Gasteiger partial charge in [0.1, 0.15) is 0 Å². The molecule has 0 aromatic rings. The van der Waals surface area contributed by atoms with Crippen molar-refractivity contribution < 1.29 is 71.0 Å². The molecule has 14 heteroatoms. The average Bonchev–Trinajstić information content (AvgIpc) is 2.69. The molecule has 0 aromatic heterocycles. The van der Waals surface area contributed by atoms with Crippen molar-refractivity contribution in [1.29, 1.82) is 0 Å². The summed E-state index contributed by atoms with van der Waals surface area (Å²) in [7, 11) is 11.0. The molecular weight excluding hydrogens is 610 g/mol. The molecule has 3 aliphatic rings. The second kappa shape index (κ2) is 19.3. The Balaban J connectivity index is -0.000000369. The zero-order valence-electron chi connectivity index (χ0n) is 20.6. The fourth-order valence-electron chi connectivity index (χ4n) is 3.08. The van der Waals surface area contributed by atoms with E-state index in [9.17, 15) is 27.6 Å². The van der Waals surface area contributed by atoms with Crippen LogP contribution in [0.15, 0.2) is 0 Å². The van der Waals surface area contributed by atoms with Gasteiger partial charge in [-0.2, -0.15) is 13.2 Å². The van der Waals surface area contributed by atoms with Gasteiger partial charge in [0.15, 0.2) is 0 Å². The third-order valence-electron chi connectivity index (χ3n) is 4.92. The van der Waals surface area contributed by atoms with Gasteiger partial charge in [-0.1, -0.05) is 0 Å². The Labute approximate surface area is 225 Å². The van der Waals surface area contributed by atoms with Crippen molar-refractivity contribution in [2.24, 2.45) is 0 Å². The number of carbonyl (C=O) groups excluding carboxylic acids is 3. The Hall–Kier alpha value is -1.05. The molecule has 0 saturated carbocycles. The van der Waals surface area contributed by atoms with Gasteiger partial charge in [0, 0.05) is 81.6 Å². The van der Waals surface area contributed by atoms with Gasteiger partial charge in [-0.25, -0.2) is 14.4 Å². The Kier molecular flexibility index (Phi) is 21.3. The van der Waals surface area contributed by atoms with Crippen molar-refractivity contribution >= 4 is 18.1 Å². The summed E-state index contributed by atoms with van der Waals surface area (Å²) in [6.07, 6.45) is 3.29. The molecule has 3 aliphatic heterocycles. The van der Waals surface area contributed by atoms with Crippen LogP contribution in [0, 0.1) is 0 Å². The molecule has 0 aliphatic carbocycles. The maximum Gasteiger partial charge on any atom is 2.00 e. The van der Waals surface area contributed by atoms with E-state index in [0.29, 0.717) is 0 Å². The van der Waals surface area contributed by atoms with E-state index in [1.165, 1.54) is 0 Å². The maximum absolute atomic E-state index is 11.0. The molecule has 3 rings (SSSR count). The van der Waals surface area contributed by atoms with Gasteiger partial charge in [-0.15, -0.1) is 0 Å². The average molecular weight is 647 g/mol. The third-order valence-corrected chi connectivity index (χ3v) is 4.92. The van der Waals surface area contributed by atoms with Crippen LogP contribution in [0.1, 0.15) is 19.3 Å². The molecular formula is C19H37F3IN6O3Zn+. The molecule has 9 nitrogen and oxygen atoms in total. The number of urea groups is 3. The first-order valence-corrected chi connectivity index (χ1v) is 10.2. The van der Waals surface area contributed by atoms with Crippen molar-refractivity contribution in [1.82, 2.24) is 29.4 Å². The van der Waals surface area contributed by atoms with Crippen LogP contribution >= 0.6 is 0 Å². The fraction of sp³-hybridized carbons (Fsp3) is 0.842. The molecule has 3 heterocycles. The summed E-state index contributed by atoms with van der Waals surface area (Å²) in [5.41, 5.74) is 0. The first-order chi connectivity index (χ1) is 14.4. The van der Waals surface area contributed by atoms with Crippen LogP contribution in [0.3, 0.4) is 0 Å². The Bertz CT molecular complexity index is 473. The monoisotopic (exact) mass is 645 g/mol. The number of hydrogen-bond donors (Lipinski definition) is 0. The Morgan fingerprint density at radius 1 is 0.515 bits per heavy atom. The summed E-state index contributed by atoms with van der Waals surface area (Å²) >= 11 is 0. The second-order valence-electron chi connectivity index (χ2n) is 7.69. The van der Waals surface area contributed by atoms with E-state index in [1.807, 2.05) is 42.3 Å². The van der Waals surface area contributed by atoms with Crippen LogP contribution in [0.5, 0.6) is 0 Å². The van der Waals surface area contributed by atoms with E-state index < -0.39 is 6.68 Å². The minimum absolute atomic E-state index is 0. The predicted octanol–water partition coefficient (Wildman–Crippen LogP) is -0.699. The number of rotatable bonds is 0.